The normalized spacial score (nSPS) is 11.3. The third kappa shape index (κ3) is 37.0. The summed E-state index contributed by atoms with van der Waals surface area (Å²) < 4.78 is 377. The summed E-state index contributed by atoms with van der Waals surface area (Å²) in [5.74, 6) is -12.5. The molecule has 0 fully saturated rings. The number of carbonyl (C=O) groups excluding carboxylic acids is 1. The van der Waals surface area contributed by atoms with Gasteiger partial charge in [0.2, 0.25) is 0 Å². The monoisotopic (exact) mass is 1730 g/mol. The number of phenols is 2. The van der Waals surface area contributed by atoms with Gasteiger partial charge < -0.3 is 78.1 Å². The number of nitrogens with two attached hydrogens (primary N) is 1. The van der Waals surface area contributed by atoms with Crippen LogP contribution in [0.25, 0.3) is 0 Å². The molecule has 8 aromatic carbocycles. The maximum absolute atomic E-state index is 13.4. The van der Waals surface area contributed by atoms with Crippen LogP contribution in [0.1, 0.15) is 15.9 Å². The predicted octanol–water partition coefficient (Wildman–Crippen LogP) is 20.2. The van der Waals surface area contributed by atoms with E-state index in [1.54, 1.807) is 6.07 Å². The Labute approximate surface area is 633 Å². The Kier molecular flexibility index (Phi) is 34.8. The number of nitrogens with one attached hydrogen (secondary N) is 2. The molecule has 1 heterocycles. The number of aromatic amines is 1. The number of anilines is 2. The first-order chi connectivity index (χ1) is 53.3. The Balaban J connectivity index is 0.000000366. The maximum atomic E-state index is 13.4. The molecule has 0 atom stereocenters. The van der Waals surface area contributed by atoms with E-state index in [2.05, 4.69) is 62.5 Å². The van der Waals surface area contributed by atoms with Gasteiger partial charge in [-0.2, -0.15) is 18.3 Å². The van der Waals surface area contributed by atoms with Crippen LogP contribution < -0.4 is 73.5 Å². The number of hydrogen-bond acceptors (Lipinski definition) is 20. The second-order valence-electron chi connectivity index (χ2n) is 20.2. The lowest BCUT2D eigenvalue weighted by molar-refractivity contribution is -0.385. The van der Waals surface area contributed by atoms with Gasteiger partial charge in [0.05, 0.1) is 67.5 Å². The second-order valence-corrected chi connectivity index (χ2v) is 20.6. The van der Waals surface area contributed by atoms with Crippen molar-refractivity contribution >= 4 is 34.6 Å². The molecule has 0 aliphatic carbocycles. The topological polar surface area (TPSA) is 295 Å². The largest absolute Gasteiger partial charge is 0.573 e. The highest BCUT2D eigenvalue weighted by atomic mass is 35.5. The molecule has 9 aromatic rings. The van der Waals surface area contributed by atoms with Gasteiger partial charge in [-0.1, -0.05) is 35.9 Å². The summed E-state index contributed by atoms with van der Waals surface area (Å²) in [4.78, 5) is 33.5. The third-order valence-corrected chi connectivity index (χ3v) is 12.1. The lowest BCUT2D eigenvalue weighted by Crippen LogP contribution is -2.18. The summed E-state index contributed by atoms with van der Waals surface area (Å²) in [5.41, 5.74) is 1.93. The molecule has 0 aliphatic rings. The van der Waals surface area contributed by atoms with Crippen molar-refractivity contribution in [3.63, 3.8) is 0 Å². The van der Waals surface area contributed by atoms with Gasteiger partial charge >= 0.3 is 50.7 Å². The molecule has 0 saturated carbocycles. The van der Waals surface area contributed by atoms with E-state index < -0.39 is 164 Å². The van der Waals surface area contributed by atoms with Gasteiger partial charge in [0.25, 0.3) is 17.2 Å². The average molecular weight is 1730 g/mol. The first-order valence-electron chi connectivity index (χ1n) is 29.3. The van der Waals surface area contributed by atoms with Crippen LogP contribution in [0.15, 0.2) is 169 Å². The molecule has 634 valence electrons. The van der Waals surface area contributed by atoms with Crippen LogP contribution in [0.5, 0.6) is 86.2 Å². The number of ether oxygens (including phenoxy) is 12. The van der Waals surface area contributed by atoms with E-state index in [0.29, 0.717) is 36.4 Å². The fraction of sp³-hybridized carbons (Fsp3) is 0.185. The quantitative estimate of drug-likeness (QED) is 0.0260. The number of phenolic OH excluding ortho intramolecular Hbond substituents is 2. The number of hydrogen-bond donors (Lipinski definition) is 5. The van der Waals surface area contributed by atoms with Crippen LogP contribution in [0.4, 0.5) is 136 Å². The molecule has 23 nitrogen and oxygen atoms in total. The number of para-hydroxylation sites is 4. The molecule has 0 radical (unpaired) electrons. The highest BCUT2D eigenvalue weighted by Gasteiger charge is 2.40. The number of nitro benzene ring substituents is 1. The van der Waals surface area contributed by atoms with E-state index in [1.165, 1.54) is 56.7 Å². The molecule has 0 unspecified atom stereocenters. The number of nitrogens with zero attached hydrogens (tertiary/aromatic N) is 2. The van der Waals surface area contributed by atoms with Crippen molar-refractivity contribution in [2.45, 2.75) is 50.7 Å². The Morgan fingerprint density at radius 3 is 1.22 bits per heavy atom. The number of carbonyl (C=O) groups is 1. The van der Waals surface area contributed by atoms with Gasteiger partial charge in [0.1, 0.15) is 23.2 Å². The standard InChI is InChI=1S/C19H9ClF7N3O4.C8H6F4O2.C8H6F3NO4.C8H8F3NO2.C8H7F3O2.C7H4F4O2.C7H5F3O2/c20-12-5-10(17(32)29-9-4-16(31)30-28-7-9)14(6-11(12)18(22,23)24)33-13-2-1-8(21)3-15(13)34-19(25,26)27;1-13-6-3-2-5(9)4-7(6)14-8(10,11)12;1-15-6-3-2-5(12(13)14)4-7(6)16-8(9,10)11;1-13-6-3-2-5(12)4-7(6)14-8(9,10)11;1-12-6-4-2-3-5-7(6)13-8(9,10)11;8-4-1-2-5(12)6(3-4)13-7(9,10)11;8-7(9,10)12-6-4-2-1-3-5(6)11/h1-7H,(H2,29,30,31,32);2-4H,1H3;2-4H,1H3;2-4H,12H2,1H3;2-5H,1H3;1-3,12H;1-4,11H. The van der Waals surface area contributed by atoms with E-state index in [0.717, 1.165) is 81.1 Å². The molecule has 0 bridgehead atoms. The molecule has 9 rings (SSSR count). The van der Waals surface area contributed by atoms with Crippen molar-refractivity contribution in [1.29, 1.82) is 0 Å². The molecule has 0 aliphatic heterocycles. The Morgan fingerprint density at radius 1 is 0.431 bits per heavy atom. The zero-order valence-electron chi connectivity index (χ0n) is 57.1. The van der Waals surface area contributed by atoms with E-state index in [4.69, 9.17) is 32.3 Å². The molecule has 51 heteroatoms. The minimum absolute atomic E-state index is 0.0171. The first kappa shape index (κ1) is 97.1. The van der Waals surface area contributed by atoms with E-state index in [-0.39, 0.29) is 52.3 Å². The van der Waals surface area contributed by atoms with Crippen molar-refractivity contribution in [3.05, 3.63) is 218 Å². The highest BCUT2D eigenvalue weighted by molar-refractivity contribution is 6.32. The van der Waals surface area contributed by atoms with Gasteiger partial charge in [-0.05, 0) is 91.0 Å². The number of benzene rings is 8. The number of nitro groups is 1. The van der Waals surface area contributed by atoms with Crippen molar-refractivity contribution < 1.29 is 195 Å². The fourth-order valence-electron chi connectivity index (χ4n) is 7.49. The fourth-order valence-corrected chi connectivity index (χ4v) is 7.76. The number of rotatable bonds is 16. The van der Waals surface area contributed by atoms with Crippen LogP contribution >= 0.6 is 11.6 Å². The number of aromatic hydroxyl groups is 2. The molecular formula is C65H45ClF27N5O18. The van der Waals surface area contributed by atoms with Gasteiger partial charge in [-0.15, -0.1) is 92.2 Å². The van der Waals surface area contributed by atoms with E-state index >= 15 is 0 Å². The minimum Gasteiger partial charge on any atom is -0.504 e. The van der Waals surface area contributed by atoms with E-state index in [9.17, 15) is 138 Å². The van der Waals surface area contributed by atoms with Crippen LogP contribution in [0, 0.1) is 27.6 Å². The molecule has 1 amide bonds. The van der Waals surface area contributed by atoms with E-state index in [1.807, 2.05) is 5.10 Å². The van der Waals surface area contributed by atoms with Gasteiger partial charge in [-0.25, -0.2) is 18.3 Å². The number of alkyl halides is 24. The smallest absolute Gasteiger partial charge is 0.504 e. The number of aromatic nitrogens is 2. The number of amides is 1. The van der Waals surface area contributed by atoms with Crippen molar-refractivity contribution in [1.82, 2.24) is 10.2 Å². The SMILES string of the molecule is COc1ccc(F)cc1OC(F)(F)F.COc1ccc(N)cc1OC(F)(F)F.COc1ccc([N+](=O)[O-])cc1OC(F)(F)F.COc1ccccc1OC(F)(F)F.O=C(Nc1cn[nH]c(=O)c1)c1cc(Cl)c(C(F)(F)F)cc1Oc1ccc(F)cc1OC(F)(F)F.Oc1ccc(F)cc1OC(F)(F)F.Oc1ccccc1OC(F)(F)F. The number of H-pyrrole nitrogens is 1. The summed E-state index contributed by atoms with van der Waals surface area (Å²) in [6.07, 6.45) is -38.3. The third-order valence-electron chi connectivity index (χ3n) is 11.8. The summed E-state index contributed by atoms with van der Waals surface area (Å²) in [6, 6.07) is 24.9. The van der Waals surface area contributed by atoms with Crippen LogP contribution in [0.3, 0.4) is 0 Å². The molecule has 1 aromatic heterocycles. The van der Waals surface area contributed by atoms with Gasteiger partial charge in [0, 0.05) is 42.1 Å². The van der Waals surface area contributed by atoms with Crippen molar-refractivity contribution in [2.75, 3.05) is 39.5 Å². The second kappa shape index (κ2) is 41.6. The van der Waals surface area contributed by atoms with Crippen molar-refractivity contribution in [3.8, 4) is 86.2 Å². The van der Waals surface area contributed by atoms with Gasteiger partial charge in [-0.3, -0.25) is 19.7 Å². The minimum atomic E-state index is -5.30. The number of methoxy groups -OCH3 is 4. The average Bonchev–Trinajstić information content (AvgIpc) is 0.783. The molecule has 116 heavy (non-hydrogen) atoms. The van der Waals surface area contributed by atoms with Crippen LogP contribution in [0.2, 0.25) is 5.02 Å². The van der Waals surface area contributed by atoms with Gasteiger partial charge in [0.15, 0.2) is 80.5 Å². The first-order valence-corrected chi connectivity index (χ1v) is 29.7. The molecule has 6 N–H and O–H groups in total. The Bertz CT molecular complexity index is 4690. The van der Waals surface area contributed by atoms with Crippen LogP contribution in [-0.2, 0) is 6.18 Å². The number of nitrogen functional groups attached to an aromatic ring is 1. The van der Waals surface area contributed by atoms with Crippen LogP contribution in [-0.4, -0.2) is 104 Å². The zero-order valence-corrected chi connectivity index (χ0v) is 57.8. The maximum Gasteiger partial charge on any atom is 0.573 e. The molecule has 0 saturated heterocycles. The lowest BCUT2D eigenvalue weighted by atomic mass is 10.1. The summed E-state index contributed by atoms with van der Waals surface area (Å²) in [7, 11) is 4.81. The van der Waals surface area contributed by atoms with Crippen molar-refractivity contribution in [2.24, 2.45) is 0 Å². The molecular weight excluding hydrogens is 1690 g/mol. The number of halogens is 28. The lowest BCUT2D eigenvalue weighted by Gasteiger charge is -2.18. The molecule has 0 spiro atoms. The summed E-state index contributed by atoms with van der Waals surface area (Å²) in [6.45, 7) is 0. The summed E-state index contributed by atoms with van der Waals surface area (Å²) in [5, 5.41) is 34.7. The highest BCUT2D eigenvalue weighted by Crippen LogP contribution is 2.44. The Morgan fingerprint density at radius 2 is 0.784 bits per heavy atom. The predicted molar refractivity (Wildman–Crippen MR) is 342 cm³/mol. The Hall–Kier alpha value is -13.1. The number of non-ortho nitro benzene ring substituents is 1. The zero-order chi connectivity index (χ0) is 88.3. The summed E-state index contributed by atoms with van der Waals surface area (Å²) >= 11 is 5.65.